The summed E-state index contributed by atoms with van der Waals surface area (Å²) in [4.78, 5) is 2.66. The number of aliphatic hydroxyl groups excluding tert-OH is 1. The summed E-state index contributed by atoms with van der Waals surface area (Å²) < 4.78 is 40.7. The van der Waals surface area contributed by atoms with Crippen LogP contribution in [-0.2, 0) is 26.6 Å². The molecule has 68 heavy (non-hydrogen) atoms. The molecular weight excluding hydrogens is 911 g/mol. The molecule has 0 aliphatic carbocycles. The molecule has 0 aliphatic rings. The highest BCUT2D eigenvalue weighted by Crippen LogP contribution is 2.27. The van der Waals surface area contributed by atoms with Gasteiger partial charge in [-0.15, -0.1) is 0 Å². The third-order valence-corrected chi connectivity index (χ3v) is 26.6. The van der Waals surface area contributed by atoms with Crippen molar-refractivity contribution in [2.24, 2.45) is 0 Å². The second-order valence-electron chi connectivity index (χ2n) is 22.9. The molecule has 8 nitrogen and oxygen atoms in total. The quantitative estimate of drug-likeness (QED) is 0.0367. The van der Waals surface area contributed by atoms with E-state index in [2.05, 4.69) is 85.0 Å². The highest BCUT2D eigenvalue weighted by atomic mass is 28.4. The van der Waals surface area contributed by atoms with E-state index in [0.29, 0.717) is 0 Å². The van der Waals surface area contributed by atoms with Crippen LogP contribution < -0.4 is 0 Å². The van der Waals surface area contributed by atoms with Crippen LogP contribution in [0.5, 0.6) is 0 Å². The molecular formula is C56H123NO7Si4. The fraction of sp³-hybridized carbons (Fsp3) is 1.00. The van der Waals surface area contributed by atoms with Crippen molar-refractivity contribution in [3.8, 4) is 0 Å². The Bertz CT molecular complexity index is 996. The van der Waals surface area contributed by atoms with Gasteiger partial charge < -0.3 is 36.6 Å². The summed E-state index contributed by atoms with van der Waals surface area (Å²) in [5.41, 5.74) is 0. The van der Waals surface area contributed by atoms with Gasteiger partial charge in [0.2, 0.25) is 0 Å². The van der Waals surface area contributed by atoms with Crippen LogP contribution in [0.4, 0.5) is 0 Å². The molecule has 0 aromatic heterocycles. The summed E-state index contributed by atoms with van der Waals surface area (Å²) in [6, 6.07) is 2.43. The molecule has 0 saturated carbocycles. The van der Waals surface area contributed by atoms with Gasteiger partial charge in [-0.2, -0.15) is 0 Å². The molecule has 0 aliphatic heterocycles. The maximum atomic E-state index is 9.59. The van der Waals surface area contributed by atoms with Crippen LogP contribution in [0, 0.1) is 0 Å². The van der Waals surface area contributed by atoms with Gasteiger partial charge in [0.25, 0.3) is 0 Å². The highest BCUT2D eigenvalue weighted by molar-refractivity contribution is 6.82. The molecule has 0 heterocycles. The zero-order valence-corrected chi connectivity index (χ0v) is 52.2. The molecule has 0 rings (SSSR count). The van der Waals surface area contributed by atoms with Crippen molar-refractivity contribution < 1.29 is 31.7 Å². The first-order valence-corrected chi connectivity index (χ1v) is 41.7. The molecule has 0 aromatic rings. The summed E-state index contributed by atoms with van der Waals surface area (Å²) in [5, 5.41) is 9.59. The van der Waals surface area contributed by atoms with E-state index < -0.39 is 33.8 Å². The standard InChI is InChI=1S/C56H123NO7Si4/c1-13-17-21-25-29-41-51-59-55(61-67(9,10)63-65(5,6)53-43-31-27-23-19-15-3)45-35-33-37-47-57(49-39-40-50-58)48-38-34-36-46-56(60-52-42-30-26-22-18-14-2)62-68(11,12)64-66(7,8)54-44-32-28-24-20-16-4/h55-56,58H,13-54H2,1-12H3. The Labute approximate surface area is 430 Å². The number of hydrogen-bond donors (Lipinski definition) is 1. The normalized spacial score (nSPS) is 13.9. The molecule has 0 fully saturated rings. The summed E-state index contributed by atoms with van der Waals surface area (Å²) in [6.07, 6.45) is 41.6. The van der Waals surface area contributed by atoms with E-state index in [1.165, 1.54) is 179 Å². The van der Waals surface area contributed by atoms with Gasteiger partial charge in [-0.3, -0.25) is 0 Å². The van der Waals surface area contributed by atoms with Gasteiger partial charge in [0.15, 0.2) is 16.6 Å². The Hall–Kier alpha value is 0.548. The largest absolute Gasteiger partial charge is 0.436 e. The Morgan fingerprint density at radius 3 is 0.985 bits per heavy atom. The van der Waals surface area contributed by atoms with E-state index in [-0.39, 0.29) is 19.2 Å². The molecule has 410 valence electrons. The van der Waals surface area contributed by atoms with E-state index in [9.17, 15) is 5.11 Å². The molecule has 0 bridgehead atoms. The predicted octanol–water partition coefficient (Wildman–Crippen LogP) is 18.2. The Morgan fingerprint density at radius 1 is 0.353 bits per heavy atom. The van der Waals surface area contributed by atoms with Crippen LogP contribution >= 0.6 is 0 Å². The zero-order chi connectivity index (χ0) is 50.7. The first kappa shape index (κ1) is 68.5. The van der Waals surface area contributed by atoms with Crippen molar-refractivity contribution in [1.82, 2.24) is 4.90 Å². The molecule has 1 N–H and O–H groups in total. The molecule has 0 radical (unpaired) electrons. The number of nitrogens with zero attached hydrogens (tertiary/aromatic N) is 1. The average Bonchev–Trinajstić information content (AvgIpc) is 3.26. The topological polar surface area (TPSA) is 78.9 Å². The molecule has 2 unspecified atom stereocenters. The molecule has 12 heteroatoms. The number of ether oxygens (including phenoxy) is 2. The third kappa shape index (κ3) is 45.2. The van der Waals surface area contributed by atoms with Crippen LogP contribution in [0.15, 0.2) is 0 Å². The summed E-state index contributed by atoms with van der Waals surface area (Å²) in [6.45, 7) is 32.9. The van der Waals surface area contributed by atoms with Gasteiger partial charge in [0, 0.05) is 19.8 Å². The van der Waals surface area contributed by atoms with Crippen molar-refractivity contribution >= 4 is 33.8 Å². The van der Waals surface area contributed by atoms with E-state index in [1.807, 2.05) is 0 Å². The number of hydrogen-bond acceptors (Lipinski definition) is 8. The van der Waals surface area contributed by atoms with Gasteiger partial charge in [-0.1, -0.05) is 182 Å². The molecule has 0 amide bonds. The second-order valence-corrected chi connectivity index (χ2v) is 38.6. The van der Waals surface area contributed by atoms with Crippen molar-refractivity contribution in [3.05, 3.63) is 0 Å². The maximum Gasteiger partial charge on any atom is 0.323 e. The van der Waals surface area contributed by atoms with Crippen molar-refractivity contribution in [1.29, 1.82) is 0 Å². The molecule has 2 atom stereocenters. The van der Waals surface area contributed by atoms with E-state index >= 15 is 0 Å². The van der Waals surface area contributed by atoms with Crippen LogP contribution in [0.3, 0.4) is 0 Å². The van der Waals surface area contributed by atoms with Crippen molar-refractivity contribution in [2.45, 2.75) is 323 Å². The van der Waals surface area contributed by atoms with E-state index in [0.717, 1.165) is 84.2 Å². The lowest BCUT2D eigenvalue weighted by Crippen LogP contribution is -2.48. The summed E-state index contributed by atoms with van der Waals surface area (Å²) in [5.74, 6) is 0. The van der Waals surface area contributed by atoms with Gasteiger partial charge in [0.1, 0.15) is 12.6 Å². The van der Waals surface area contributed by atoms with E-state index in [4.69, 9.17) is 26.6 Å². The summed E-state index contributed by atoms with van der Waals surface area (Å²) >= 11 is 0. The van der Waals surface area contributed by atoms with Crippen LogP contribution in [0.25, 0.3) is 0 Å². The monoisotopic (exact) mass is 1030 g/mol. The van der Waals surface area contributed by atoms with E-state index in [1.54, 1.807) is 0 Å². The fourth-order valence-electron chi connectivity index (χ4n) is 9.75. The number of rotatable bonds is 54. The predicted molar refractivity (Wildman–Crippen MR) is 307 cm³/mol. The second kappa shape index (κ2) is 45.0. The van der Waals surface area contributed by atoms with Gasteiger partial charge in [-0.25, -0.2) is 0 Å². The first-order chi connectivity index (χ1) is 32.5. The number of aliphatic hydroxyl groups is 1. The smallest absolute Gasteiger partial charge is 0.323 e. The fourth-order valence-corrected chi connectivity index (χ4v) is 25.4. The van der Waals surface area contributed by atoms with Crippen LogP contribution in [0.2, 0.25) is 64.5 Å². The van der Waals surface area contributed by atoms with Crippen LogP contribution in [0.1, 0.15) is 246 Å². The molecule has 0 saturated heterocycles. The van der Waals surface area contributed by atoms with Gasteiger partial charge in [-0.05, 0) is 148 Å². The Kier molecular flexibility index (Phi) is 45.3. The SMILES string of the molecule is CCCCCCCCOC(CCCCCN(CCCCO)CCCCCC(OCCCCCCCC)O[Si](C)(C)O[Si](C)(C)CCCCCCCC)O[Si](C)(C)O[Si](C)(C)CCCCCCCC. The number of unbranched alkanes of at least 4 members (excludes halogenated alkanes) is 25. The first-order valence-electron chi connectivity index (χ1n) is 29.9. The highest BCUT2D eigenvalue weighted by Gasteiger charge is 2.38. The molecule has 0 spiro atoms. The minimum absolute atomic E-state index is 0.173. The Balaban J connectivity index is 5.27. The zero-order valence-electron chi connectivity index (χ0n) is 48.2. The van der Waals surface area contributed by atoms with Crippen LogP contribution in [-0.4, -0.2) is 95.8 Å². The lowest BCUT2D eigenvalue weighted by molar-refractivity contribution is -0.100. The van der Waals surface area contributed by atoms with Crippen molar-refractivity contribution in [3.63, 3.8) is 0 Å². The van der Waals surface area contributed by atoms with Crippen molar-refractivity contribution in [2.75, 3.05) is 39.5 Å². The minimum atomic E-state index is -2.36. The average molecular weight is 1030 g/mol. The third-order valence-electron chi connectivity index (χ3n) is 13.5. The lowest BCUT2D eigenvalue weighted by Gasteiger charge is -2.36. The Morgan fingerprint density at radius 2 is 0.647 bits per heavy atom. The van der Waals surface area contributed by atoms with Gasteiger partial charge >= 0.3 is 17.1 Å². The minimum Gasteiger partial charge on any atom is -0.436 e. The summed E-state index contributed by atoms with van der Waals surface area (Å²) in [7, 11) is -8.35. The maximum absolute atomic E-state index is 9.59. The molecule has 0 aromatic carbocycles. The van der Waals surface area contributed by atoms with Gasteiger partial charge in [0.05, 0.1) is 0 Å². The lowest BCUT2D eigenvalue weighted by atomic mass is 10.1.